The molecular weight excluding hydrogens is 609 g/mol. The van der Waals surface area contributed by atoms with Gasteiger partial charge in [-0.3, -0.25) is 17.9 Å². The molecule has 7 nitrogen and oxygen atoms in total. The molecule has 0 saturated heterocycles. The molecule has 0 unspecified atom stereocenters. The Morgan fingerprint density at radius 3 is 1.31 bits per heavy atom. The summed E-state index contributed by atoms with van der Waals surface area (Å²) in [6, 6.07) is 47.1. The van der Waals surface area contributed by atoms with E-state index in [-0.39, 0.29) is 0 Å². The number of imidazole rings is 4. The van der Waals surface area contributed by atoms with Gasteiger partial charge in [0.15, 0.2) is 0 Å². The van der Waals surface area contributed by atoms with Crippen LogP contribution in [0.1, 0.15) is 0 Å². The number of para-hydroxylation sites is 8. The molecule has 0 spiro atoms. The molecule has 1 aliphatic rings. The monoisotopic (exact) mass is 636 g/mol. The van der Waals surface area contributed by atoms with Gasteiger partial charge < -0.3 is 4.74 Å². The van der Waals surface area contributed by atoms with E-state index in [9.17, 15) is 0 Å². The summed E-state index contributed by atoms with van der Waals surface area (Å²) in [5.41, 5.74) is 10.9. The maximum absolute atomic E-state index is 6.68. The predicted octanol–water partition coefficient (Wildman–Crippen LogP) is 8.10. The van der Waals surface area contributed by atoms with Gasteiger partial charge in [0.05, 0.1) is 44.1 Å². The smallest absolute Gasteiger partial charge is 0.220 e. The molecule has 8 heteroatoms. The summed E-state index contributed by atoms with van der Waals surface area (Å²) in [5, 5.41) is 2.54. The average molecular weight is 637 g/mol. The summed E-state index contributed by atoms with van der Waals surface area (Å²) >= 11 is 0. The van der Waals surface area contributed by atoms with Gasteiger partial charge in [-0.15, -0.1) is 0 Å². The second-order valence-corrected chi connectivity index (χ2v) is 17.5. The van der Waals surface area contributed by atoms with Crippen LogP contribution in [0.3, 0.4) is 0 Å². The van der Waals surface area contributed by atoms with Gasteiger partial charge in [-0.25, -0.2) is 9.97 Å². The van der Waals surface area contributed by atoms with E-state index in [1.54, 1.807) is 0 Å². The van der Waals surface area contributed by atoms with Crippen LogP contribution in [-0.4, -0.2) is 36.0 Å². The largest absolute Gasteiger partial charge is 0.458 e. The first kappa shape index (κ1) is 26.0. The molecule has 0 amide bonds. The number of ether oxygens (including phenoxy) is 1. The summed E-state index contributed by atoms with van der Waals surface area (Å²) in [5.74, 6) is 3.69. The topological polar surface area (TPSA) is 53.7 Å². The van der Waals surface area contributed by atoms with Crippen molar-refractivity contribution in [3.63, 3.8) is 0 Å². The highest BCUT2D eigenvalue weighted by atomic mass is 28.3. The molecular formula is C40H28N6OSi. The van der Waals surface area contributed by atoms with Gasteiger partial charge in [0.2, 0.25) is 11.6 Å². The molecule has 0 aliphatic carbocycles. The van der Waals surface area contributed by atoms with Gasteiger partial charge in [0.1, 0.15) is 19.6 Å². The minimum Gasteiger partial charge on any atom is -0.458 e. The second-order valence-electron chi connectivity index (χ2n) is 13.2. The molecule has 0 radical (unpaired) electrons. The van der Waals surface area contributed by atoms with Gasteiger partial charge >= 0.3 is 0 Å². The van der Waals surface area contributed by atoms with Crippen molar-refractivity contribution in [3.05, 3.63) is 133 Å². The minimum atomic E-state index is -2.26. The maximum Gasteiger partial charge on any atom is 0.220 e. The van der Waals surface area contributed by atoms with Crippen LogP contribution in [0.4, 0.5) is 0 Å². The zero-order valence-electron chi connectivity index (χ0n) is 26.3. The lowest BCUT2D eigenvalue weighted by Gasteiger charge is -2.33. The molecule has 0 atom stereocenters. The van der Waals surface area contributed by atoms with E-state index in [2.05, 4.69) is 152 Å². The van der Waals surface area contributed by atoms with E-state index in [1.807, 2.05) is 12.1 Å². The molecule has 5 heterocycles. The van der Waals surface area contributed by atoms with E-state index < -0.39 is 8.07 Å². The Labute approximate surface area is 275 Å². The van der Waals surface area contributed by atoms with Crippen LogP contribution in [0.25, 0.3) is 67.1 Å². The Morgan fingerprint density at radius 1 is 0.458 bits per heavy atom. The van der Waals surface area contributed by atoms with Crippen LogP contribution in [-0.2, 0) is 0 Å². The van der Waals surface area contributed by atoms with Crippen molar-refractivity contribution in [1.82, 2.24) is 27.9 Å². The Hall–Kier alpha value is -6.12. The van der Waals surface area contributed by atoms with E-state index in [1.165, 1.54) is 10.4 Å². The summed E-state index contributed by atoms with van der Waals surface area (Å²) in [6.07, 6.45) is 0. The molecule has 10 aromatic rings. The normalized spacial score (nSPS) is 14.0. The number of hydrogen-bond acceptors (Lipinski definition) is 3. The maximum atomic E-state index is 6.68. The zero-order valence-corrected chi connectivity index (χ0v) is 27.3. The van der Waals surface area contributed by atoms with Crippen LogP contribution >= 0.6 is 0 Å². The summed E-state index contributed by atoms with van der Waals surface area (Å²) < 4.78 is 15.8. The van der Waals surface area contributed by atoms with E-state index in [4.69, 9.17) is 14.7 Å². The zero-order chi connectivity index (χ0) is 31.7. The molecule has 228 valence electrons. The SMILES string of the molecule is C[Si]1(C)c2cc(-n3c4ccccc4n4c5ccccc5nc34)ccc2Oc2ccc(-n3c4ccccc4n4c5ccccc5nc34)cc21. The van der Waals surface area contributed by atoms with Crippen molar-refractivity contribution in [2.24, 2.45) is 0 Å². The lowest BCUT2D eigenvalue weighted by atomic mass is 10.2. The number of benzene rings is 6. The van der Waals surface area contributed by atoms with Gasteiger partial charge in [-0.1, -0.05) is 61.6 Å². The molecule has 1 aliphatic heterocycles. The molecule has 0 fully saturated rings. The quantitative estimate of drug-likeness (QED) is 0.180. The van der Waals surface area contributed by atoms with Crippen molar-refractivity contribution >= 4 is 74.1 Å². The van der Waals surface area contributed by atoms with Crippen molar-refractivity contribution in [3.8, 4) is 22.9 Å². The average Bonchev–Trinajstić information content (AvgIpc) is 3.85. The Kier molecular flexibility index (Phi) is 4.89. The molecule has 48 heavy (non-hydrogen) atoms. The second kappa shape index (κ2) is 9.02. The van der Waals surface area contributed by atoms with Crippen molar-refractivity contribution in [1.29, 1.82) is 0 Å². The van der Waals surface area contributed by atoms with Gasteiger partial charge in [-0.05, 0) is 95.3 Å². The lowest BCUT2D eigenvalue weighted by molar-refractivity contribution is 0.486. The number of fused-ring (bicyclic) bond motifs is 12. The Bertz CT molecular complexity index is 2780. The first-order valence-electron chi connectivity index (χ1n) is 16.3. The predicted molar refractivity (Wildman–Crippen MR) is 196 cm³/mol. The molecule has 11 rings (SSSR count). The standard InChI is InChI=1S/C40H28N6OSi/c1-48(2)37-23-25(43-31-15-7-9-17-33(31)45-29-13-5-3-11-27(29)41-39(43)45)19-21-35(37)47-36-22-20-26(24-38(36)48)44-32-16-8-10-18-34(32)46-30-14-6-4-12-28(30)42-40(44)46/h3-24H,1-2H3. The van der Waals surface area contributed by atoms with Gasteiger partial charge in [0.25, 0.3) is 0 Å². The van der Waals surface area contributed by atoms with E-state index >= 15 is 0 Å². The molecule has 0 N–H and O–H groups in total. The van der Waals surface area contributed by atoms with E-state index in [0.717, 1.165) is 78.6 Å². The molecule has 6 aromatic carbocycles. The van der Waals surface area contributed by atoms with Crippen LogP contribution in [0.2, 0.25) is 13.1 Å². The third kappa shape index (κ3) is 3.26. The van der Waals surface area contributed by atoms with Crippen molar-refractivity contribution in [2.45, 2.75) is 13.1 Å². The highest BCUT2D eigenvalue weighted by molar-refractivity contribution is 7.01. The van der Waals surface area contributed by atoms with Crippen LogP contribution < -0.4 is 15.1 Å². The Morgan fingerprint density at radius 2 is 0.854 bits per heavy atom. The number of rotatable bonds is 2. The fourth-order valence-corrected chi connectivity index (χ4v) is 10.8. The molecule has 0 bridgehead atoms. The first-order chi connectivity index (χ1) is 23.6. The number of hydrogen-bond donors (Lipinski definition) is 0. The highest BCUT2D eigenvalue weighted by Crippen LogP contribution is 2.35. The fourth-order valence-electron chi connectivity index (χ4n) is 7.94. The minimum absolute atomic E-state index is 0.909. The summed E-state index contributed by atoms with van der Waals surface area (Å²) in [7, 11) is -2.26. The van der Waals surface area contributed by atoms with Crippen LogP contribution in [0, 0.1) is 0 Å². The summed E-state index contributed by atoms with van der Waals surface area (Å²) in [6.45, 7) is 4.86. The van der Waals surface area contributed by atoms with Crippen LogP contribution in [0.5, 0.6) is 11.5 Å². The highest BCUT2D eigenvalue weighted by Gasteiger charge is 2.37. The van der Waals surface area contributed by atoms with Crippen LogP contribution in [0.15, 0.2) is 133 Å². The first-order valence-corrected chi connectivity index (χ1v) is 19.3. The number of aromatic nitrogens is 6. The van der Waals surface area contributed by atoms with Crippen molar-refractivity contribution in [2.75, 3.05) is 0 Å². The van der Waals surface area contributed by atoms with E-state index in [0.29, 0.717) is 0 Å². The fraction of sp³-hybridized carbons (Fsp3) is 0.0500. The third-order valence-corrected chi connectivity index (χ3v) is 13.7. The third-order valence-electron chi connectivity index (χ3n) is 10.2. The molecule has 0 saturated carbocycles. The summed E-state index contributed by atoms with van der Waals surface area (Å²) in [4.78, 5) is 10.2. The number of nitrogens with zero attached hydrogens (tertiary/aromatic N) is 6. The van der Waals surface area contributed by atoms with Crippen molar-refractivity contribution < 1.29 is 4.74 Å². The lowest BCUT2D eigenvalue weighted by Crippen LogP contribution is -2.56. The van der Waals surface area contributed by atoms with Gasteiger partial charge in [-0.2, -0.15) is 0 Å². The van der Waals surface area contributed by atoms with Gasteiger partial charge in [0, 0.05) is 11.4 Å². The molecule has 4 aromatic heterocycles. The Balaban J connectivity index is 1.11.